The van der Waals surface area contributed by atoms with Gasteiger partial charge in [-0.15, -0.1) is 0 Å². The highest BCUT2D eigenvalue weighted by molar-refractivity contribution is 5.75. The van der Waals surface area contributed by atoms with Crippen LogP contribution >= 0.6 is 0 Å². The summed E-state index contributed by atoms with van der Waals surface area (Å²) in [5, 5.41) is 28.2. The summed E-state index contributed by atoms with van der Waals surface area (Å²) in [5.41, 5.74) is 0. The van der Waals surface area contributed by atoms with Crippen molar-refractivity contribution in [3.63, 3.8) is 0 Å². The minimum absolute atomic E-state index is 0.837. The monoisotopic (exact) mass is 222 g/mol. The van der Waals surface area contributed by atoms with Gasteiger partial charge in [0, 0.05) is 7.11 Å². The maximum absolute atomic E-state index is 11.1. The number of methoxy groups -OCH3 is 2. The van der Waals surface area contributed by atoms with Gasteiger partial charge in [-0.3, -0.25) is 0 Å². The van der Waals surface area contributed by atoms with Gasteiger partial charge in [0.05, 0.1) is 7.11 Å². The summed E-state index contributed by atoms with van der Waals surface area (Å²) < 4.78 is 14.0. The Bertz CT molecular complexity index is 229. The average Bonchev–Trinajstić information content (AvgIpc) is 2.25. The first-order valence-electron chi connectivity index (χ1n) is 4.33. The SMILES string of the molecule is COC(=O)[C@H]1O[C@H](OC)[C@H](O)[C@@H](O)[C@H]1O. The molecule has 0 aromatic heterocycles. The zero-order valence-electron chi connectivity index (χ0n) is 8.36. The molecule has 0 spiro atoms. The fraction of sp³-hybridized carbons (Fsp3) is 0.875. The number of carbonyl (C=O) groups is 1. The molecule has 1 rings (SSSR count). The van der Waals surface area contributed by atoms with Crippen LogP contribution in [0.2, 0.25) is 0 Å². The fourth-order valence-corrected chi connectivity index (χ4v) is 1.35. The van der Waals surface area contributed by atoms with Gasteiger partial charge in [-0.2, -0.15) is 0 Å². The van der Waals surface area contributed by atoms with Gasteiger partial charge in [-0.05, 0) is 0 Å². The second kappa shape index (κ2) is 4.86. The van der Waals surface area contributed by atoms with Gasteiger partial charge in [0.2, 0.25) is 0 Å². The van der Waals surface area contributed by atoms with Crippen molar-refractivity contribution in [1.29, 1.82) is 0 Å². The third-order valence-electron chi connectivity index (χ3n) is 2.24. The molecule has 0 aromatic carbocycles. The first-order chi connectivity index (χ1) is 7.02. The van der Waals surface area contributed by atoms with E-state index < -0.39 is 36.7 Å². The topological polar surface area (TPSA) is 105 Å². The predicted molar refractivity (Wildman–Crippen MR) is 45.7 cm³/mol. The van der Waals surface area contributed by atoms with E-state index in [1.807, 2.05) is 0 Å². The minimum atomic E-state index is -1.54. The molecule has 7 nitrogen and oxygen atoms in total. The van der Waals surface area contributed by atoms with Crippen LogP contribution in [0.15, 0.2) is 0 Å². The van der Waals surface area contributed by atoms with E-state index in [2.05, 4.69) is 4.74 Å². The molecule has 0 saturated carbocycles. The van der Waals surface area contributed by atoms with Crippen molar-refractivity contribution in [3.8, 4) is 0 Å². The smallest absolute Gasteiger partial charge is 0.337 e. The lowest BCUT2D eigenvalue weighted by molar-refractivity contribution is -0.288. The summed E-state index contributed by atoms with van der Waals surface area (Å²) in [4.78, 5) is 11.1. The van der Waals surface area contributed by atoms with Gasteiger partial charge in [0.1, 0.15) is 18.3 Å². The van der Waals surface area contributed by atoms with Crippen molar-refractivity contribution < 1.29 is 34.3 Å². The van der Waals surface area contributed by atoms with Gasteiger partial charge in [0.15, 0.2) is 12.4 Å². The molecule has 0 amide bonds. The van der Waals surface area contributed by atoms with E-state index >= 15 is 0 Å². The van der Waals surface area contributed by atoms with E-state index in [0.717, 1.165) is 7.11 Å². The van der Waals surface area contributed by atoms with Crippen molar-refractivity contribution in [2.45, 2.75) is 30.7 Å². The second-order valence-electron chi connectivity index (χ2n) is 3.16. The van der Waals surface area contributed by atoms with Crippen LogP contribution in [0.1, 0.15) is 0 Å². The van der Waals surface area contributed by atoms with Gasteiger partial charge in [0.25, 0.3) is 0 Å². The van der Waals surface area contributed by atoms with Crippen LogP contribution in [-0.2, 0) is 19.0 Å². The van der Waals surface area contributed by atoms with Gasteiger partial charge < -0.3 is 29.5 Å². The molecule has 15 heavy (non-hydrogen) atoms. The Morgan fingerprint density at radius 3 is 2.20 bits per heavy atom. The molecule has 0 aliphatic carbocycles. The number of esters is 1. The maximum Gasteiger partial charge on any atom is 0.337 e. The van der Waals surface area contributed by atoms with E-state index in [1.54, 1.807) is 0 Å². The van der Waals surface area contributed by atoms with Crippen molar-refractivity contribution in [2.75, 3.05) is 14.2 Å². The largest absolute Gasteiger partial charge is 0.467 e. The first-order valence-corrected chi connectivity index (χ1v) is 4.33. The molecule has 3 N–H and O–H groups in total. The highest BCUT2D eigenvalue weighted by atomic mass is 16.7. The quantitative estimate of drug-likeness (QED) is 0.448. The Labute approximate surface area is 86.2 Å². The number of aliphatic hydroxyl groups is 3. The Morgan fingerprint density at radius 1 is 1.13 bits per heavy atom. The third kappa shape index (κ3) is 2.27. The zero-order valence-corrected chi connectivity index (χ0v) is 8.36. The van der Waals surface area contributed by atoms with Gasteiger partial charge >= 0.3 is 5.97 Å². The number of carbonyl (C=O) groups excluding carboxylic acids is 1. The van der Waals surface area contributed by atoms with Gasteiger partial charge in [-0.1, -0.05) is 0 Å². The van der Waals surface area contributed by atoms with Gasteiger partial charge in [-0.25, -0.2) is 4.79 Å². The lowest BCUT2D eigenvalue weighted by atomic mass is 9.99. The summed E-state index contributed by atoms with van der Waals surface area (Å²) in [6.45, 7) is 0. The molecular weight excluding hydrogens is 208 g/mol. The van der Waals surface area contributed by atoms with Crippen LogP contribution < -0.4 is 0 Å². The summed E-state index contributed by atoms with van der Waals surface area (Å²) in [6.07, 6.45) is -7.01. The van der Waals surface area contributed by atoms with E-state index in [9.17, 15) is 20.1 Å². The highest BCUT2D eigenvalue weighted by Crippen LogP contribution is 2.22. The van der Waals surface area contributed by atoms with E-state index in [4.69, 9.17) is 9.47 Å². The van der Waals surface area contributed by atoms with Crippen LogP contribution in [0.5, 0.6) is 0 Å². The van der Waals surface area contributed by atoms with E-state index in [-0.39, 0.29) is 0 Å². The Morgan fingerprint density at radius 2 is 1.73 bits per heavy atom. The normalized spacial score (nSPS) is 41.3. The molecule has 5 atom stereocenters. The molecule has 88 valence electrons. The lowest BCUT2D eigenvalue weighted by Gasteiger charge is -2.38. The predicted octanol–water partition coefficient (Wildman–Crippen LogP) is -2.39. The molecule has 1 aliphatic rings. The number of hydrogen-bond acceptors (Lipinski definition) is 7. The fourth-order valence-electron chi connectivity index (χ4n) is 1.35. The molecule has 7 heteroatoms. The van der Waals surface area contributed by atoms with Crippen molar-refractivity contribution in [2.24, 2.45) is 0 Å². The van der Waals surface area contributed by atoms with Crippen molar-refractivity contribution >= 4 is 5.97 Å². The molecule has 1 aliphatic heterocycles. The lowest BCUT2D eigenvalue weighted by Crippen LogP contribution is -2.60. The molecule has 0 bridgehead atoms. The Kier molecular flexibility index (Phi) is 4.00. The summed E-state index contributed by atoms with van der Waals surface area (Å²) in [7, 11) is 2.37. The first kappa shape index (κ1) is 12.3. The Balaban J connectivity index is 2.78. The number of aliphatic hydroxyl groups excluding tert-OH is 3. The third-order valence-corrected chi connectivity index (χ3v) is 2.24. The molecule has 0 unspecified atom stereocenters. The second-order valence-corrected chi connectivity index (χ2v) is 3.16. The standard InChI is InChI=1S/C8H14O7/c1-13-7(12)6-4(10)3(9)5(11)8(14-2)15-6/h3-6,8-11H,1-2H3/t3-,4+,5+,6-,8-/m0/s1. The maximum atomic E-state index is 11.1. The highest BCUT2D eigenvalue weighted by Gasteiger charge is 2.47. The van der Waals surface area contributed by atoms with Crippen molar-refractivity contribution in [1.82, 2.24) is 0 Å². The van der Waals surface area contributed by atoms with Crippen LogP contribution in [-0.4, -0.2) is 66.2 Å². The van der Waals surface area contributed by atoms with Crippen LogP contribution in [0, 0.1) is 0 Å². The Hall–Kier alpha value is -0.730. The van der Waals surface area contributed by atoms with E-state index in [1.165, 1.54) is 7.11 Å². The summed E-state index contributed by atoms with van der Waals surface area (Å²) in [5.74, 6) is -0.837. The van der Waals surface area contributed by atoms with Crippen LogP contribution in [0.3, 0.4) is 0 Å². The number of ether oxygens (including phenoxy) is 3. The molecule has 1 fully saturated rings. The van der Waals surface area contributed by atoms with E-state index in [0.29, 0.717) is 0 Å². The average molecular weight is 222 g/mol. The summed E-state index contributed by atoms with van der Waals surface area (Å²) >= 11 is 0. The van der Waals surface area contributed by atoms with Crippen LogP contribution in [0.25, 0.3) is 0 Å². The molecule has 1 heterocycles. The minimum Gasteiger partial charge on any atom is -0.467 e. The molecule has 0 radical (unpaired) electrons. The number of hydrogen-bond donors (Lipinski definition) is 3. The zero-order chi connectivity index (χ0) is 11.6. The van der Waals surface area contributed by atoms with Crippen LogP contribution in [0.4, 0.5) is 0 Å². The summed E-state index contributed by atoms with van der Waals surface area (Å²) in [6, 6.07) is 0. The number of rotatable bonds is 2. The van der Waals surface area contributed by atoms with Crippen molar-refractivity contribution in [3.05, 3.63) is 0 Å². The molecular formula is C8H14O7. The molecule has 0 aromatic rings. The molecule has 1 saturated heterocycles.